The second-order valence-electron chi connectivity index (χ2n) is 6.61. The van der Waals surface area contributed by atoms with Crippen molar-refractivity contribution in [2.75, 3.05) is 17.7 Å². The van der Waals surface area contributed by atoms with E-state index in [9.17, 15) is 14.4 Å². The van der Waals surface area contributed by atoms with E-state index < -0.39 is 0 Å². The highest BCUT2D eigenvalue weighted by Gasteiger charge is 2.10. The van der Waals surface area contributed by atoms with Gasteiger partial charge in [0.15, 0.2) is 0 Å². The topological polar surface area (TPSA) is 102 Å². The van der Waals surface area contributed by atoms with Crippen LogP contribution in [0.5, 0.6) is 5.75 Å². The van der Waals surface area contributed by atoms with Gasteiger partial charge in [-0.1, -0.05) is 12.1 Å². The predicted octanol–water partition coefficient (Wildman–Crippen LogP) is 2.70. The van der Waals surface area contributed by atoms with E-state index in [1.54, 1.807) is 24.3 Å². The molecule has 0 spiro atoms. The van der Waals surface area contributed by atoms with Crippen LogP contribution in [-0.4, -0.2) is 28.5 Å². The number of rotatable bonds is 6. The third-order valence-corrected chi connectivity index (χ3v) is 4.43. The molecule has 8 nitrogen and oxygen atoms in total. The molecule has 8 heteroatoms. The van der Waals surface area contributed by atoms with E-state index >= 15 is 0 Å². The Morgan fingerprint density at radius 1 is 1.17 bits per heavy atom. The molecule has 29 heavy (non-hydrogen) atoms. The number of aromatic nitrogens is 2. The van der Waals surface area contributed by atoms with E-state index in [4.69, 9.17) is 4.74 Å². The molecule has 0 atom stereocenters. The van der Waals surface area contributed by atoms with Crippen LogP contribution in [0.4, 0.5) is 11.4 Å². The Morgan fingerprint density at radius 2 is 1.97 bits per heavy atom. The van der Waals surface area contributed by atoms with E-state index in [2.05, 4.69) is 15.6 Å². The van der Waals surface area contributed by atoms with Crippen molar-refractivity contribution < 1.29 is 14.3 Å². The van der Waals surface area contributed by atoms with Gasteiger partial charge in [-0.05, 0) is 36.8 Å². The molecule has 1 aromatic heterocycles. The van der Waals surface area contributed by atoms with Crippen molar-refractivity contribution in [3.63, 3.8) is 0 Å². The number of para-hydroxylation sites is 1. The molecule has 2 amide bonds. The van der Waals surface area contributed by atoms with Gasteiger partial charge in [-0.15, -0.1) is 0 Å². The number of benzene rings is 2. The van der Waals surface area contributed by atoms with Crippen molar-refractivity contribution in [3.05, 3.63) is 58.6 Å². The fraction of sp³-hybridized carbons (Fsp3) is 0.238. The Labute approximate surface area is 167 Å². The standard InChI is InChI=1S/C21H22N4O4/c1-13-5-4-6-16-20(13)22-12-25(21(16)28)10-9-19(27)24-15-7-8-18(29-3)17(11-15)23-14(2)26/h4-8,11-12H,9-10H2,1-3H3,(H,23,26)(H,24,27). The van der Waals surface area contributed by atoms with Gasteiger partial charge in [0.25, 0.3) is 5.56 Å². The summed E-state index contributed by atoms with van der Waals surface area (Å²) in [6, 6.07) is 10.4. The van der Waals surface area contributed by atoms with Gasteiger partial charge in [0.05, 0.1) is 30.0 Å². The van der Waals surface area contributed by atoms with E-state index in [1.807, 2.05) is 19.1 Å². The lowest BCUT2D eigenvalue weighted by atomic mass is 10.1. The third-order valence-electron chi connectivity index (χ3n) is 4.43. The number of nitrogens with zero attached hydrogens (tertiary/aromatic N) is 2. The molecule has 0 bridgehead atoms. The molecular weight excluding hydrogens is 372 g/mol. The molecule has 3 aromatic rings. The van der Waals surface area contributed by atoms with Gasteiger partial charge in [-0.3, -0.25) is 19.0 Å². The number of ether oxygens (including phenoxy) is 1. The number of methoxy groups -OCH3 is 1. The van der Waals surface area contributed by atoms with Crippen LogP contribution in [0.25, 0.3) is 10.9 Å². The number of hydrogen-bond acceptors (Lipinski definition) is 5. The minimum absolute atomic E-state index is 0.0976. The Hall–Kier alpha value is -3.68. The van der Waals surface area contributed by atoms with Crippen LogP contribution < -0.4 is 20.9 Å². The van der Waals surface area contributed by atoms with Crippen molar-refractivity contribution >= 4 is 34.1 Å². The van der Waals surface area contributed by atoms with E-state index in [1.165, 1.54) is 24.9 Å². The van der Waals surface area contributed by atoms with Crippen LogP contribution in [0.15, 0.2) is 47.5 Å². The first-order valence-corrected chi connectivity index (χ1v) is 9.09. The Kier molecular flexibility index (Phi) is 5.92. The fourth-order valence-corrected chi connectivity index (χ4v) is 3.02. The lowest BCUT2D eigenvalue weighted by molar-refractivity contribution is -0.116. The molecule has 3 rings (SSSR count). The van der Waals surface area contributed by atoms with Crippen LogP contribution in [-0.2, 0) is 16.1 Å². The van der Waals surface area contributed by atoms with Gasteiger partial charge >= 0.3 is 0 Å². The quantitative estimate of drug-likeness (QED) is 0.669. The first kappa shape index (κ1) is 20.1. The molecular formula is C21H22N4O4. The molecule has 2 aromatic carbocycles. The molecule has 2 N–H and O–H groups in total. The van der Waals surface area contributed by atoms with E-state index in [0.717, 1.165) is 5.56 Å². The summed E-state index contributed by atoms with van der Waals surface area (Å²) in [5, 5.41) is 5.95. The average Bonchev–Trinajstić information content (AvgIpc) is 2.68. The monoisotopic (exact) mass is 394 g/mol. The number of fused-ring (bicyclic) bond motifs is 1. The van der Waals surface area contributed by atoms with Gasteiger partial charge in [-0.2, -0.15) is 0 Å². The maximum absolute atomic E-state index is 12.6. The molecule has 0 aliphatic rings. The number of carbonyl (C=O) groups is 2. The van der Waals surface area contributed by atoms with Gasteiger partial charge in [0.1, 0.15) is 5.75 Å². The first-order valence-electron chi connectivity index (χ1n) is 9.09. The van der Waals surface area contributed by atoms with Crippen molar-refractivity contribution in [2.45, 2.75) is 26.8 Å². The van der Waals surface area contributed by atoms with Crippen molar-refractivity contribution in [1.29, 1.82) is 0 Å². The summed E-state index contributed by atoms with van der Waals surface area (Å²) in [4.78, 5) is 40.6. The number of nitrogens with one attached hydrogen (secondary N) is 2. The molecule has 0 fully saturated rings. The first-order chi connectivity index (χ1) is 13.9. The average molecular weight is 394 g/mol. The number of anilines is 2. The summed E-state index contributed by atoms with van der Waals surface area (Å²) in [7, 11) is 1.50. The largest absolute Gasteiger partial charge is 0.495 e. The zero-order valence-corrected chi connectivity index (χ0v) is 16.5. The highest BCUT2D eigenvalue weighted by molar-refractivity contribution is 5.94. The SMILES string of the molecule is COc1ccc(NC(=O)CCn2cnc3c(C)cccc3c2=O)cc1NC(C)=O. The molecule has 0 aliphatic heterocycles. The van der Waals surface area contributed by atoms with E-state index in [0.29, 0.717) is 28.0 Å². The Morgan fingerprint density at radius 3 is 2.69 bits per heavy atom. The Bertz CT molecular complexity index is 1140. The normalized spacial score (nSPS) is 10.6. The van der Waals surface area contributed by atoms with Crippen molar-refractivity contribution in [1.82, 2.24) is 9.55 Å². The van der Waals surface area contributed by atoms with Crippen LogP contribution in [0, 0.1) is 6.92 Å². The fourth-order valence-electron chi connectivity index (χ4n) is 3.02. The van der Waals surface area contributed by atoms with E-state index in [-0.39, 0.29) is 30.3 Å². The highest BCUT2D eigenvalue weighted by atomic mass is 16.5. The maximum atomic E-state index is 12.6. The summed E-state index contributed by atoms with van der Waals surface area (Å²) in [6.45, 7) is 3.49. The minimum Gasteiger partial charge on any atom is -0.495 e. The lowest BCUT2D eigenvalue weighted by Crippen LogP contribution is -2.24. The van der Waals surface area contributed by atoms with Crippen LogP contribution in [0.2, 0.25) is 0 Å². The summed E-state index contributed by atoms with van der Waals surface area (Å²) in [6.07, 6.45) is 1.56. The van der Waals surface area contributed by atoms with Crippen molar-refractivity contribution in [2.24, 2.45) is 0 Å². The van der Waals surface area contributed by atoms with Crippen molar-refractivity contribution in [3.8, 4) is 5.75 Å². The summed E-state index contributed by atoms with van der Waals surface area (Å²) in [5.41, 5.74) is 2.40. The number of amides is 2. The second-order valence-corrected chi connectivity index (χ2v) is 6.61. The summed E-state index contributed by atoms with van der Waals surface area (Å²) >= 11 is 0. The molecule has 1 heterocycles. The smallest absolute Gasteiger partial charge is 0.261 e. The van der Waals surface area contributed by atoms with Gasteiger partial charge in [0, 0.05) is 25.6 Å². The minimum atomic E-state index is -0.264. The molecule has 0 unspecified atom stereocenters. The molecule has 0 radical (unpaired) electrons. The van der Waals surface area contributed by atoms with Gasteiger partial charge in [0.2, 0.25) is 11.8 Å². The number of aryl methyl sites for hydroxylation is 2. The molecule has 0 saturated carbocycles. The lowest BCUT2D eigenvalue weighted by Gasteiger charge is -2.12. The Balaban J connectivity index is 1.70. The van der Waals surface area contributed by atoms with Crippen LogP contribution >= 0.6 is 0 Å². The molecule has 150 valence electrons. The van der Waals surface area contributed by atoms with Crippen LogP contribution in [0.1, 0.15) is 18.9 Å². The highest BCUT2D eigenvalue weighted by Crippen LogP contribution is 2.27. The van der Waals surface area contributed by atoms with Crippen LogP contribution in [0.3, 0.4) is 0 Å². The van der Waals surface area contributed by atoms with Gasteiger partial charge < -0.3 is 15.4 Å². The zero-order valence-electron chi connectivity index (χ0n) is 16.5. The van der Waals surface area contributed by atoms with Gasteiger partial charge in [-0.25, -0.2) is 4.98 Å². The maximum Gasteiger partial charge on any atom is 0.261 e. The molecule has 0 aliphatic carbocycles. The zero-order chi connectivity index (χ0) is 21.0. The number of carbonyl (C=O) groups excluding carboxylic acids is 2. The summed E-state index contributed by atoms with van der Waals surface area (Å²) < 4.78 is 6.62. The second kappa shape index (κ2) is 8.55. The summed E-state index contributed by atoms with van der Waals surface area (Å²) in [5.74, 6) is -0.0207. The predicted molar refractivity (Wildman–Crippen MR) is 111 cm³/mol. The third kappa shape index (κ3) is 4.60. The molecule has 0 saturated heterocycles. The number of hydrogen-bond donors (Lipinski definition) is 2.